The van der Waals surface area contributed by atoms with Gasteiger partial charge in [-0.25, -0.2) is 13.2 Å². The summed E-state index contributed by atoms with van der Waals surface area (Å²) >= 11 is 0. The normalized spacial score (nSPS) is 15.0. The molecule has 1 saturated carbocycles. The number of para-hydroxylation sites is 2. The minimum Gasteiger partial charge on any atom is -0.408 e. The Kier molecular flexibility index (Phi) is 5.27. The van der Waals surface area contributed by atoms with E-state index in [9.17, 15) is 18.0 Å². The number of sulfone groups is 1. The second-order valence-electron chi connectivity index (χ2n) is 7.26. The van der Waals surface area contributed by atoms with Crippen molar-refractivity contribution in [3.05, 3.63) is 59.1 Å². The molecule has 1 heterocycles. The second-order valence-corrected chi connectivity index (χ2v) is 9.49. The van der Waals surface area contributed by atoms with Crippen molar-refractivity contribution in [3.8, 4) is 0 Å². The molecule has 3 aromatic rings. The minimum atomic E-state index is -3.38. The van der Waals surface area contributed by atoms with Gasteiger partial charge in [0.05, 0.1) is 15.7 Å². The van der Waals surface area contributed by atoms with Gasteiger partial charge in [0.2, 0.25) is 5.91 Å². The summed E-state index contributed by atoms with van der Waals surface area (Å²) in [6, 6.07) is 13.4. The summed E-state index contributed by atoms with van der Waals surface area (Å²) in [5, 5.41) is 2.39. The van der Waals surface area contributed by atoms with Crippen LogP contribution in [0, 0.1) is 0 Å². The van der Waals surface area contributed by atoms with E-state index >= 15 is 0 Å². The van der Waals surface area contributed by atoms with Gasteiger partial charge < -0.3 is 9.73 Å². The highest BCUT2D eigenvalue weighted by Crippen LogP contribution is 2.30. The lowest BCUT2D eigenvalue weighted by atomic mass is 10.3. The monoisotopic (exact) mass is 414 g/mol. The molecule has 152 valence electrons. The summed E-state index contributed by atoms with van der Waals surface area (Å²) in [6.07, 6.45) is 3.30. The molecule has 1 aliphatic carbocycles. The van der Waals surface area contributed by atoms with Crippen LogP contribution in [0.15, 0.2) is 62.6 Å². The van der Waals surface area contributed by atoms with Gasteiger partial charge in [-0.2, -0.15) is 0 Å². The summed E-state index contributed by atoms with van der Waals surface area (Å²) in [6.45, 7) is 0.168. The lowest BCUT2D eigenvalue weighted by Gasteiger charge is -2.12. The number of nitrogens with one attached hydrogen (secondary N) is 1. The Labute approximate surface area is 168 Å². The van der Waals surface area contributed by atoms with E-state index < -0.39 is 15.6 Å². The number of fused-ring (bicyclic) bond motifs is 1. The third-order valence-corrected chi connectivity index (χ3v) is 7.58. The van der Waals surface area contributed by atoms with Gasteiger partial charge in [-0.05, 0) is 43.2 Å². The molecule has 1 amide bonds. The summed E-state index contributed by atoms with van der Waals surface area (Å²) < 4.78 is 32.1. The molecule has 1 aliphatic rings. The van der Waals surface area contributed by atoms with Gasteiger partial charge in [0, 0.05) is 18.7 Å². The van der Waals surface area contributed by atoms with E-state index in [4.69, 9.17) is 4.42 Å². The first-order chi connectivity index (χ1) is 13.9. The van der Waals surface area contributed by atoms with Crippen molar-refractivity contribution in [3.63, 3.8) is 0 Å². The number of nitrogens with zero attached hydrogens (tertiary/aromatic N) is 1. The first-order valence-corrected chi connectivity index (χ1v) is 11.2. The maximum absolute atomic E-state index is 12.8. The van der Waals surface area contributed by atoms with Crippen molar-refractivity contribution in [2.24, 2.45) is 0 Å². The molecule has 0 unspecified atom stereocenters. The highest BCUT2D eigenvalue weighted by Gasteiger charge is 2.30. The molecule has 1 fully saturated rings. The summed E-state index contributed by atoms with van der Waals surface area (Å²) in [7, 11) is -3.38. The highest BCUT2D eigenvalue weighted by atomic mass is 32.2. The van der Waals surface area contributed by atoms with E-state index in [0.29, 0.717) is 29.6 Å². The van der Waals surface area contributed by atoms with Gasteiger partial charge in [0.1, 0.15) is 0 Å². The van der Waals surface area contributed by atoms with Crippen LogP contribution in [0.5, 0.6) is 0 Å². The van der Waals surface area contributed by atoms with Gasteiger partial charge in [0.15, 0.2) is 15.4 Å². The van der Waals surface area contributed by atoms with Crippen LogP contribution in [0.1, 0.15) is 32.1 Å². The van der Waals surface area contributed by atoms with Crippen LogP contribution in [-0.4, -0.2) is 24.1 Å². The molecular weight excluding hydrogens is 392 g/mol. The second kappa shape index (κ2) is 7.87. The van der Waals surface area contributed by atoms with Crippen LogP contribution >= 0.6 is 0 Å². The van der Waals surface area contributed by atoms with Crippen LogP contribution in [0.3, 0.4) is 0 Å². The SMILES string of the molecule is O=C(CCn1c(=O)oc2ccccc21)Nc1cccc(S(=O)(=O)C2CCCC2)c1. The molecule has 0 atom stereocenters. The van der Waals surface area contributed by atoms with Crippen molar-refractivity contribution in [1.29, 1.82) is 0 Å². The number of rotatable bonds is 6. The molecule has 29 heavy (non-hydrogen) atoms. The first kappa shape index (κ1) is 19.4. The largest absolute Gasteiger partial charge is 0.419 e. The minimum absolute atomic E-state index is 0.0586. The molecule has 4 rings (SSSR count). The quantitative estimate of drug-likeness (QED) is 0.667. The lowest BCUT2D eigenvalue weighted by molar-refractivity contribution is -0.116. The fraction of sp³-hybridized carbons (Fsp3) is 0.333. The summed E-state index contributed by atoms with van der Waals surface area (Å²) in [5.74, 6) is -0.818. The average Bonchev–Trinajstić information content (AvgIpc) is 3.35. The van der Waals surface area contributed by atoms with Crippen LogP contribution < -0.4 is 11.1 Å². The molecule has 0 bridgehead atoms. The van der Waals surface area contributed by atoms with Gasteiger partial charge >= 0.3 is 5.76 Å². The number of carbonyl (C=O) groups excluding carboxylic acids is 1. The third kappa shape index (κ3) is 3.98. The van der Waals surface area contributed by atoms with Crippen molar-refractivity contribution in [1.82, 2.24) is 4.57 Å². The maximum Gasteiger partial charge on any atom is 0.419 e. The Hall–Kier alpha value is -2.87. The smallest absolute Gasteiger partial charge is 0.408 e. The number of hydrogen-bond donors (Lipinski definition) is 1. The molecule has 8 heteroatoms. The molecule has 0 saturated heterocycles. The third-order valence-electron chi connectivity index (χ3n) is 5.32. The van der Waals surface area contributed by atoms with Crippen molar-refractivity contribution < 1.29 is 17.6 Å². The molecule has 7 nitrogen and oxygen atoms in total. The number of anilines is 1. The fourth-order valence-corrected chi connectivity index (χ4v) is 5.70. The number of hydrogen-bond acceptors (Lipinski definition) is 5. The highest BCUT2D eigenvalue weighted by molar-refractivity contribution is 7.92. The maximum atomic E-state index is 12.8. The van der Waals surface area contributed by atoms with E-state index in [1.807, 2.05) is 0 Å². The summed E-state index contributed by atoms with van der Waals surface area (Å²) in [4.78, 5) is 24.6. The van der Waals surface area contributed by atoms with Gasteiger partial charge in [-0.1, -0.05) is 31.0 Å². The Bertz CT molecular complexity index is 1200. The Balaban J connectivity index is 1.45. The average molecular weight is 414 g/mol. The van der Waals surface area contributed by atoms with Crippen molar-refractivity contribution in [2.75, 3.05) is 5.32 Å². The van der Waals surface area contributed by atoms with E-state index in [1.54, 1.807) is 42.5 Å². The molecule has 0 aliphatic heterocycles. The lowest BCUT2D eigenvalue weighted by Crippen LogP contribution is -2.20. The predicted molar refractivity (Wildman–Crippen MR) is 110 cm³/mol. The Morgan fingerprint density at radius 3 is 2.66 bits per heavy atom. The number of amides is 1. The standard InChI is InChI=1S/C21H22N2O5S/c24-20(12-13-23-18-10-3-4-11-19(18)28-21(23)25)22-15-6-5-9-17(14-15)29(26,27)16-7-1-2-8-16/h3-6,9-11,14,16H,1-2,7-8,12-13H2,(H,22,24). The van der Waals surface area contributed by atoms with Gasteiger partial charge in [-0.15, -0.1) is 0 Å². The zero-order chi connectivity index (χ0) is 20.4. The van der Waals surface area contributed by atoms with E-state index in [1.165, 1.54) is 10.6 Å². The van der Waals surface area contributed by atoms with Gasteiger partial charge in [0.25, 0.3) is 0 Å². The number of benzene rings is 2. The molecular formula is C21H22N2O5S. The molecule has 0 radical (unpaired) electrons. The van der Waals surface area contributed by atoms with Crippen LogP contribution in [-0.2, 0) is 21.2 Å². The Morgan fingerprint density at radius 1 is 1.10 bits per heavy atom. The van der Waals surface area contributed by atoms with Crippen molar-refractivity contribution in [2.45, 2.75) is 48.8 Å². The molecule has 2 aromatic carbocycles. The first-order valence-electron chi connectivity index (χ1n) is 9.67. The van der Waals surface area contributed by atoms with Crippen LogP contribution in [0.2, 0.25) is 0 Å². The van der Waals surface area contributed by atoms with Crippen LogP contribution in [0.25, 0.3) is 11.1 Å². The molecule has 1 aromatic heterocycles. The van der Waals surface area contributed by atoms with Crippen molar-refractivity contribution >= 4 is 32.5 Å². The number of aryl methyl sites for hydroxylation is 1. The number of aromatic nitrogens is 1. The predicted octanol–water partition coefficient (Wildman–Crippen LogP) is 3.34. The number of oxazole rings is 1. The number of carbonyl (C=O) groups is 1. The molecule has 0 spiro atoms. The zero-order valence-corrected chi connectivity index (χ0v) is 16.7. The topological polar surface area (TPSA) is 98.4 Å². The van der Waals surface area contributed by atoms with Gasteiger partial charge in [-0.3, -0.25) is 9.36 Å². The fourth-order valence-electron chi connectivity index (χ4n) is 3.80. The Morgan fingerprint density at radius 2 is 1.86 bits per heavy atom. The van der Waals surface area contributed by atoms with E-state index in [0.717, 1.165) is 12.8 Å². The van der Waals surface area contributed by atoms with E-state index in [2.05, 4.69) is 5.32 Å². The zero-order valence-electron chi connectivity index (χ0n) is 15.8. The van der Waals surface area contributed by atoms with E-state index in [-0.39, 0.29) is 29.0 Å². The van der Waals surface area contributed by atoms with Crippen LogP contribution in [0.4, 0.5) is 5.69 Å². The summed E-state index contributed by atoms with van der Waals surface area (Å²) in [5.41, 5.74) is 1.54. The molecule has 1 N–H and O–H groups in total.